The van der Waals surface area contributed by atoms with E-state index in [0.29, 0.717) is 11.3 Å². The summed E-state index contributed by atoms with van der Waals surface area (Å²) in [6.45, 7) is 1.99. The lowest BCUT2D eigenvalue weighted by Gasteiger charge is -2.17. The van der Waals surface area contributed by atoms with E-state index in [2.05, 4.69) is 11.2 Å². The van der Waals surface area contributed by atoms with Gasteiger partial charge in [-0.3, -0.25) is 0 Å². The lowest BCUT2D eigenvalue weighted by atomic mass is 9.89. The molecule has 1 aliphatic rings. The van der Waals surface area contributed by atoms with Crippen molar-refractivity contribution in [2.24, 2.45) is 11.1 Å². The van der Waals surface area contributed by atoms with Crippen molar-refractivity contribution in [1.82, 2.24) is 0 Å². The van der Waals surface area contributed by atoms with Crippen LogP contribution in [0.5, 0.6) is 0 Å². The fraction of sp³-hybridized carbons (Fsp3) is 0.214. The van der Waals surface area contributed by atoms with E-state index in [9.17, 15) is 4.91 Å². The van der Waals surface area contributed by atoms with Crippen molar-refractivity contribution in [3.8, 4) is 6.07 Å². The van der Waals surface area contributed by atoms with E-state index < -0.39 is 0 Å². The minimum atomic E-state index is 0.156. The zero-order valence-electron chi connectivity index (χ0n) is 9.55. The van der Waals surface area contributed by atoms with E-state index in [4.69, 9.17) is 5.26 Å². The number of nitriles is 1. The maximum Gasteiger partial charge on any atom is 0.0991 e. The first-order chi connectivity index (χ1) is 8.24. The fourth-order valence-electron chi connectivity index (χ4n) is 1.95. The third-order valence-electron chi connectivity index (χ3n) is 2.98. The summed E-state index contributed by atoms with van der Waals surface area (Å²) in [4.78, 5) is 10.5. The summed E-state index contributed by atoms with van der Waals surface area (Å²) >= 11 is 0. The van der Waals surface area contributed by atoms with Crippen LogP contribution in [0.4, 0.5) is 0 Å². The van der Waals surface area contributed by atoms with Gasteiger partial charge in [0.15, 0.2) is 0 Å². The van der Waals surface area contributed by atoms with Gasteiger partial charge in [-0.1, -0.05) is 25.1 Å². The Bertz CT molecular complexity index is 532. The molecule has 17 heavy (non-hydrogen) atoms. The minimum Gasteiger partial charge on any atom is -0.192 e. The van der Waals surface area contributed by atoms with Crippen molar-refractivity contribution in [2.75, 3.05) is 0 Å². The molecule has 0 aromatic heterocycles. The molecule has 0 saturated carbocycles. The van der Waals surface area contributed by atoms with Gasteiger partial charge in [0.05, 0.1) is 17.3 Å². The average molecular weight is 224 g/mol. The Hall–Kier alpha value is -2.21. The zero-order valence-corrected chi connectivity index (χ0v) is 9.55. The van der Waals surface area contributed by atoms with Crippen LogP contribution in [-0.2, 0) is 0 Å². The molecule has 0 amide bonds. The monoisotopic (exact) mass is 224 g/mol. The van der Waals surface area contributed by atoms with Gasteiger partial charge in [0, 0.05) is 5.92 Å². The van der Waals surface area contributed by atoms with Gasteiger partial charge in [-0.05, 0) is 40.9 Å². The maximum atomic E-state index is 10.5. The van der Waals surface area contributed by atoms with Gasteiger partial charge in [-0.2, -0.15) is 5.26 Å². The quantitative estimate of drug-likeness (QED) is 0.720. The van der Waals surface area contributed by atoms with Gasteiger partial charge >= 0.3 is 0 Å². The lowest BCUT2D eigenvalue weighted by molar-refractivity contribution is 0.687. The Morgan fingerprint density at radius 2 is 2.00 bits per heavy atom. The van der Waals surface area contributed by atoms with Gasteiger partial charge in [-0.25, -0.2) is 0 Å². The highest BCUT2D eigenvalue weighted by atomic mass is 16.3. The molecule has 0 aliphatic heterocycles. The Labute approximate surface area is 100 Å². The number of rotatable bonds is 2. The van der Waals surface area contributed by atoms with Gasteiger partial charge < -0.3 is 0 Å². The number of hydrogen-bond acceptors (Lipinski definition) is 3. The molecule has 1 aromatic carbocycles. The van der Waals surface area contributed by atoms with Gasteiger partial charge in [0.2, 0.25) is 0 Å². The standard InChI is InChI=1S/C14H12N2O/c1-10-8-13(6-7-14(10)16-17)12-4-2-11(9-15)3-5-12/h2-7,10H,8H2,1H3. The zero-order chi connectivity index (χ0) is 12.3. The van der Waals surface area contributed by atoms with Crippen LogP contribution in [0.25, 0.3) is 5.57 Å². The van der Waals surface area contributed by atoms with Gasteiger partial charge in [0.1, 0.15) is 0 Å². The second-order valence-corrected chi connectivity index (χ2v) is 4.17. The van der Waals surface area contributed by atoms with Crippen molar-refractivity contribution in [2.45, 2.75) is 13.3 Å². The summed E-state index contributed by atoms with van der Waals surface area (Å²) in [5.41, 5.74) is 3.53. The molecule has 0 bridgehead atoms. The van der Waals surface area contributed by atoms with E-state index in [1.54, 1.807) is 18.2 Å². The number of hydrogen-bond donors (Lipinski definition) is 0. The van der Waals surface area contributed by atoms with Gasteiger partial charge in [-0.15, -0.1) is 4.91 Å². The van der Waals surface area contributed by atoms with Crippen molar-refractivity contribution in [3.63, 3.8) is 0 Å². The second-order valence-electron chi connectivity index (χ2n) is 4.17. The fourth-order valence-corrected chi connectivity index (χ4v) is 1.95. The molecule has 3 nitrogen and oxygen atoms in total. The summed E-state index contributed by atoms with van der Waals surface area (Å²) in [6, 6.07) is 9.57. The van der Waals surface area contributed by atoms with Crippen LogP contribution in [0.3, 0.4) is 0 Å². The Balaban J connectivity index is 2.30. The number of nitrogens with zero attached hydrogens (tertiary/aromatic N) is 2. The predicted octanol–water partition coefficient (Wildman–Crippen LogP) is 3.63. The molecule has 0 radical (unpaired) electrons. The van der Waals surface area contributed by atoms with E-state index in [-0.39, 0.29) is 5.92 Å². The lowest BCUT2D eigenvalue weighted by Crippen LogP contribution is -2.03. The molecule has 0 heterocycles. The van der Waals surface area contributed by atoms with Crippen LogP contribution in [0.1, 0.15) is 24.5 Å². The van der Waals surface area contributed by atoms with Crippen molar-refractivity contribution in [1.29, 1.82) is 5.26 Å². The summed E-state index contributed by atoms with van der Waals surface area (Å²) in [6.07, 6.45) is 4.51. The Morgan fingerprint density at radius 1 is 1.29 bits per heavy atom. The Kier molecular flexibility index (Phi) is 3.15. The van der Waals surface area contributed by atoms with Crippen LogP contribution in [0.2, 0.25) is 0 Å². The Morgan fingerprint density at radius 3 is 2.53 bits per heavy atom. The third-order valence-corrected chi connectivity index (χ3v) is 2.98. The molecule has 0 saturated heterocycles. The average Bonchev–Trinajstić information content (AvgIpc) is 2.39. The highest BCUT2D eigenvalue weighted by Crippen LogP contribution is 2.31. The molecule has 0 N–H and O–H groups in total. The summed E-state index contributed by atoms with van der Waals surface area (Å²) in [7, 11) is 0. The largest absolute Gasteiger partial charge is 0.192 e. The molecule has 1 aromatic rings. The molecule has 1 atom stereocenters. The number of allylic oxidation sites excluding steroid dienone is 4. The van der Waals surface area contributed by atoms with E-state index in [0.717, 1.165) is 12.0 Å². The van der Waals surface area contributed by atoms with Crippen molar-refractivity contribution in [3.05, 3.63) is 58.1 Å². The molecule has 0 fully saturated rings. The van der Waals surface area contributed by atoms with E-state index >= 15 is 0 Å². The normalized spacial score (nSPS) is 18.9. The first-order valence-electron chi connectivity index (χ1n) is 5.49. The smallest absolute Gasteiger partial charge is 0.0991 e. The second kappa shape index (κ2) is 4.75. The topological polar surface area (TPSA) is 53.2 Å². The van der Waals surface area contributed by atoms with Crippen molar-refractivity contribution < 1.29 is 0 Å². The molecule has 1 aliphatic carbocycles. The summed E-state index contributed by atoms with van der Waals surface area (Å²) in [5, 5.41) is 11.7. The maximum absolute atomic E-state index is 10.5. The first kappa shape index (κ1) is 11.3. The van der Waals surface area contributed by atoms with Crippen LogP contribution < -0.4 is 0 Å². The van der Waals surface area contributed by atoms with Crippen LogP contribution in [0, 0.1) is 22.2 Å². The minimum absolute atomic E-state index is 0.156. The summed E-state index contributed by atoms with van der Waals surface area (Å²) < 4.78 is 0. The first-order valence-corrected chi connectivity index (χ1v) is 5.49. The van der Waals surface area contributed by atoms with Gasteiger partial charge in [0.25, 0.3) is 0 Å². The molecule has 0 spiro atoms. The molecule has 84 valence electrons. The number of nitroso groups, excluding NO2 is 1. The van der Waals surface area contributed by atoms with E-state index in [1.807, 2.05) is 25.1 Å². The highest BCUT2D eigenvalue weighted by molar-refractivity contribution is 5.69. The molecule has 3 heteroatoms. The van der Waals surface area contributed by atoms with Crippen molar-refractivity contribution >= 4 is 5.57 Å². The van der Waals surface area contributed by atoms with E-state index in [1.165, 1.54) is 5.57 Å². The van der Waals surface area contributed by atoms with Crippen LogP contribution in [0.15, 0.2) is 47.3 Å². The van der Waals surface area contributed by atoms with Crippen LogP contribution >= 0.6 is 0 Å². The number of benzene rings is 1. The molecule has 2 rings (SSSR count). The third kappa shape index (κ3) is 2.31. The SMILES string of the molecule is CC1CC(c2ccc(C#N)cc2)=CC=C1N=O. The summed E-state index contributed by atoms with van der Waals surface area (Å²) in [5.74, 6) is 0.156. The molecule has 1 unspecified atom stereocenters. The predicted molar refractivity (Wildman–Crippen MR) is 66.8 cm³/mol. The molecular formula is C14H12N2O. The highest BCUT2D eigenvalue weighted by Gasteiger charge is 2.16. The molecular weight excluding hydrogens is 212 g/mol. The van der Waals surface area contributed by atoms with Crippen LogP contribution in [-0.4, -0.2) is 0 Å².